The van der Waals surface area contributed by atoms with Gasteiger partial charge in [0.2, 0.25) is 0 Å². The van der Waals surface area contributed by atoms with E-state index < -0.39 is 6.04 Å². The number of amides is 1. The second-order valence-electron chi connectivity index (χ2n) is 4.85. The van der Waals surface area contributed by atoms with Gasteiger partial charge in [0, 0.05) is 5.56 Å². The minimum atomic E-state index is -0.401. The third kappa shape index (κ3) is 4.15. The molecule has 0 spiro atoms. The first-order chi connectivity index (χ1) is 10.2. The van der Waals surface area contributed by atoms with E-state index in [1.807, 2.05) is 42.5 Å². The smallest absolute Gasteiger partial charge is 0.251 e. The minimum Gasteiger partial charge on any atom is -0.394 e. The molecule has 110 valence electrons. The third-order valence-electron chi connectivity index (χ3n) is 3.34. The van der Waals surface area contributed by atoms with Gasteiger partial charge < -0.3 is 16.2 Å². The van der Waals surface area contributed by atoms with Crippen molar-refractivity contribution in [2.45, 2.75) is 12.5 Å². The number of hydrogen-bond acceptors (Lipinski definition) is 3. The quantitative estimate of drug-likeness (QED) is 0.755. The summed E-state index contributed by atoms with van der Waals surface area (Å²) >= 11 is 0. The van der Waals surface area contributed by atoms with E-state index in [-0.39, 0.29) is 12.5 Å². The topological polar surface area (TPSA) is 75.4 Å². The van der Waals surface area contributed by atoms with Crippen molar-refractivity contribution in [2.24, 2.45) is 5.73 Å². The summed E-state index contributed by atoms with van der Waals surface area (Å²) in [6, 6.07) is 16.4. The summed E-state index contributed by atoms with van der Waals surface area (Å²) in [4.78, 5) is 12.2. The van der Waals surface area contributed by atoms with E-state index in [0.717, 1.165) is 17.5 Å². The Hall–Kier alpha value is -2.17. The molecule has 0 heterocycles. The SMILES string of the molecule is NCCc1ccc(C(=O)NC(CO)c2ccccc2)cc1. The first kappa shape index (κ1) is 15.2. The van der Waals surface area contributed by atoms with Crippen molar-refractivity contribution >= 4 is 5.91 Å². The van der Waals surface area contributed by atoms with Crippen molar-refractivity contribution in [3.05, 3.63) is 71.3 Å². The van der Waals surface area contributed by atoms with Gasteiger partial charge >= 0.3 is 0 Å². The van der Waals surface area contributed by atoms with Crippen LogP contribution >= 0.6 is 0 Å². The van der Waals surface area contributed by atoms with E-state index >= 15 is 0 Å². The van der Waals surface area contributed by atoms with Gasteiger partial charge in [0.25, 0.3) is 5.91 Å². The standard InChI is InChI=1S/C17H20N2O2/c18-11-10-13-6-8-15(9-7-13)17(21)19-16(12-20)14-4-2-1-3-5-14/h1-9,16,20H,10-12,18H2,(H,19,21). The molecular formula is C17H20N2O2. The maximum absolute atomic E-state index is 12.2. The van der Waals surface area contributed by atoms with Crippen LogP contribution in [0.4, 0.5) is 0 Å². The van der Waals surface area contributed by atoms with Crippen molar-refractivity contribution in [1.82, 2.24) is 5.32 Å². The molecule has 1 atom stereocenters. The monoisotopic (exact) mass is 284 g/mol. The fourth-order valence-corrected chi connectivity index (χ4v) is 2.15. The van der Waals surface area contributed by atoms with Crippen molar-refractivity contribution in [3.8, 4) is 0 Å². The van der Waals surface area contributed by atoms with Crippen LogP contribution in [0.25, 0.3) is 0 Å². The van der Waals surface area contributed by atoms with Gasteiger partial charge in [-0.1, -0.05) is 42.5 Å². The lowest BCUT2D eigenvalue weighted by Gasteiger charge is -2.16. The molecule has 0 saturated carbocycles. The predicted molar refractivity (Wildman–Crippen MR) is 82.9 cm³/mol. The summed E-state index contributed by atoms with van der Waals surface area (Å²) in [5.41, 5.74) is 8.06. The summed E-state index contributed by atoms with van der Waals surface area (Å²) in [6.45, 7) is 0.452. The number of carbonyl (C=O) groups is 1. The Kier molecular flexibility index (Phi) is 5.49. The molecule has 4 N–H and O–H groups in total. The lowest BCUT2D eigenvalue weighted by Crippen LogP contribution is -2.30. The molecule has 0 aliphatic carbocycles. The summed E-state index contributed by atoms with van der Waals surface area (Å²) in [6.07, 6.45) is 0.797. The van der Waals surface area contributed by atoms with E-state index in [1.54, 1.807) is 12.1 Å². The number of rotatable bonds is 6. The van der Waals surface area contributed by atoms with Gasteiger partial charge in [0.1, 0.15) is 0 Å². The number of aliphatic hydroxyl groups excluding tert-OH is 1. The number of carbonyl (C=O) groups excluding carboxylic acids is 1. The summed E-state index contributed by atoms with van der Waals surface area (Å²) < 4.78 is 0. The summed E-state index contributed by atoms with van der Waals surface area (Å²) in [7, 11) is 0. The molecule has 2 aromatic rings. The van der Waals surface area contributed by atoms with Crippen LogP contribution in [-0.4, -0.2) is 24.2 Å². The molecule has 0 fully saturated rings. The van der Waals surface area contributed by atoms with E-state index in [0.29, 0.717) is 12.1 Å². The summed E-state index contributed by atoms with van der Waals surface area (Å²) in [5, 5.41) is 12.3. The minimum absolute atomic E-state index is 0.138. The Morgan fingerprint density at radius 1 is 1.10 bits per heavy atom. The maximum atomic E-state index is 12.2. The highest BCUT2D eigenvalue weighted by atomic mass is 16.3. The molecule has 0 aliphatic rings. The maximum Gasteiger partial charge on any atom is 0.251 e. The Bertz CT molecular complexity index is 567. The molecule has 1 unspecified atom stereocenters. The largest absolute Gasteiger partial charge is 0.394 e. The fraction of sp³-hybridized carbons (Fsp3) is 0.235. The van der Waals surface area contributed by atoms with Crippen LogP contribution in [-0.2, 0) is 6.42 Å². The number of nitrogens with two attached hydrogens (primary N) is 1. The second-order valence-corrected chi connectivity index (χ2v) is 4.85. The predicted octanol–water partition coefficient (Wildman–Crippen LogP) is 1.65. The van der Waals surface area contributed by atoms with Gasteiger partial charge in [-0.3, -0.25) is 4.79 Å². The zero-order chi connectivity index (χ0) is 15.1. The molecule has 21 heavy (non-hydrogen) atoms. The van der Waals surface area contributed by atoms with Crippen LogP contribution in [0.3, 0.4) is 0 Å². The fourth-order valence-electron chi connectivity index (χ4n) is 2.15. The van der Waals surface area contributed by atoms with Gasteiger partial charge in [0.05, 0.1) is 12.6 Å². The first-order valence-electron chi connectivity index (χ1n) is 7.00. The highest BCUT2D eigenvalue weighted by Gasteiger charge is 2.14. The van der Waals surface area contributed by atoms with Crippen LogP contribution in [0.1, 0.15) is 27.5 Å². The Morgan fingerprint density at radius 3 is 2.33 bits per heavy atom. The van der Waals surface area contributed by atoms with E-state index in [1.165, 1.54) is 0 Å². The molecule has 1 amide bonds. The molecule has 4 nitrogen and oxygen atoms in total. The molecule has 0 aromatic heterocycles. The number of nitrogens with one attached hydrogen (secondary N) is 1. The molecule has 0 radical (unpaired) electrons. The average molecular weight is 284 g/mol. The van der Waals surface area contributed by atoms with Crippen LogP contribution < -0.4 is 11.1 Å². The molecule has 0 bridgehead atoms. The van der Waals surface area contributed by atoms with Crippen molar-refractivity contribution < 1.29 is 9.90 Å². The van der Waals surface area contributed by atoms with Gasteiger partial charge in [-0.15, -0.1) is 0 Å². The third-order valence-corrected chi connectivity index (χ3v) is 3.34. The molecule has 2 rings (SSSR count). The Labute approximate surface area is 124 Å². The Morgan fingerprint density at radius 2 is 1.76 bits per heavy atom. The molecule has 4 heteroatoms. The van der Waals surface area contributed by atoms with Gasteiger partial charge in [-0.25, -0.2) is 0 Å². The van der Waals surface area contributed by atoms with Gasteiger partial charge in [-0.2, -0.15) is 0 Å². The zero-order valence-corrected chi connectivity index (χ0v) is 11.8. The van der Waals surface area contributed by atoms with Crippen molar-refractivity contribution in [3.63, 3.8) is 0 Å². The number of aliphatic hydroxyl groups is 1. The molecular weight excluding hydrogens is 264 g/mol. The lowest BCUT2D eigenvalue weighted by molar-refractivity contribution is 0.0916. The first-order valence-corrected chi connectivity index (χ1v) is 7.00. The highest BCUT2D eigenvalue weighted by Crippen LogP contribution is 2.13. The van der Waals surface area contributed by atoms with Crippen molar-refractivity contribution in [1.29, 1.82) is 0 Å². The molecule has 2 aromatic carbocycles. The Balaban J connectivity index is 2.05. The van der Waals surface area contributed by atoms with Crippen LogP contribution in [0.15, 0.2) is 54.6 Å². The second kappa shape index (κ2) is 7.57. The van der Waals surface area contributed by atoms with Crippen LogP contribution in [0.5, 0.6) is 0 Å². The summed E-state index contributed by atoms with van der Waals surface area (Å²) in [5.74, 6) is -0.197. The van der Waals surface area contributed by atoms with Crippen LogP contribution in [0, 0.1) is 0 Å². The average Bonchev–Trinajstić information content (AvgIpc) is 2.54. The zero-order valence-electron chi connectivity index (χ0n) is 11.8. The molecule has 0 aliphatic heterocycles. The van der Waals surface area contributed by atoms with Crippen molar-refractivity contribution in [2.75, 3.05) is 13.2 Å². The van der Waals surface area contributed by atoms with E-state index in [9.17, 15) is 9.90 Å². The molecule has 0 saturated heterocycles. The number of benzene rings is 2. The van der Waals surface area contributed by atoms with Gasteiger partial charge in [-0.05, 0) is 36.2 Å². The van der Waals surface area contributed by atoms with Crippen LogP contribution in [0.2, 0.25) is 0 Å². The van der Waals surface area contributed by atoms with E-state index in [4.69, 9.17) is 5.73 Å². The van der Waals surface area contributed by atoms with Gasteiger partial charge in [0.15, 0.2) is 0 Å². The highest BCUT2D eigenvalue weighted by molar-refractivity contribution is 5.94. The normalized spacial score (nSPS) is 11.9. The number of hydrogen-bond donors (Lipinski definition) is 3. The lowest BCUT2D eigenvalue weighted by atomic mass is 10.1. The van der Waals surface area contributed by atoms with E-state index in [2.05, 4.69) is 5.32 Å².